The average molecular weight is 316 g/mol. The van der Waals surface area contributed by atoms with Crippen LogP contribution in [0, 0.1) is 0 Å². The number of hydrogen-bond acceptors (Lipinski definition) is 5. The van der Waals surface area contributed by atoms with E-state index in [-0.39, 0.29) is 0 Å². The van der Waals surface area contributed by atoms with Gasteiger partial charge >= 0.3 is 99.3 Å². The van der Waals surface area contributed by atoms with Crippen LogP contribution in [-0.4, -0.2) is 32.9 Å². The van der Waals surface area contributed by atoms with Crippen LogP contribution in [0.25, 0.3) is 0 Å². The number of carbonyl (C=O) groups is 1. The molecular formula is C7H13AsOS4. The van der Waals surface area contributed by atoms with Gasteiger partial charge in [-0.3, -0.25) is 0 Å². The number of hydrogen-bond donors (Lipinski definition) is 0. The Hall–Kier alpha value is 1.63. The van der Waals surface area contributed by atoms with E-state index in [1.54, 1.807) is 10.0 Å². The topological polar surface area (TPSA) is 17.1 Å². The molecule has 1 saturated heterocycles. The van der Waals surface area contributed by atoms with Crippen LogP contribution in [-0.2, 0) is 0 Å². The molecule has 0 bridgehead atoms. The van der Waals surface area contributed by atoms with Crippen molar-refractivity contribution in [1.29, 1.82) is 0 Å². The molecule has 0 spiro atoms. The van der Waals surface area contributed by atoms with Gasteiger partial charge in [0.1, 0.15) is 0 Å². The summed E-state index contributed by atoms with van der Waals surface area (Å²) in [6.45, 7) is 2.16. The Morgan fingerprint density at radius 1 is 1.46 bits per heavy atom. The fourth-order valence-corrected chi connectivity index (χ4v) is 22.7. The molecule has 1 heterocycles. The van der Waals surface area contributed by atoms with Crippen LogP contribution < -0.4 is 0 Å². The predicted molar refractivity (Wildman–Crippen MR) is 71.0 cm³/mol. The quantitative estimate of drug-likeness (QED) is 0.577. The summed E-state index contributed by atoms with van der Waals surface area (Å²) < 4.78 is 0.371. The Morgan fingerprint density at radius 2 is 2.15 bits per heavy atom. The monoisotopic (exact) mass is 316 g/mol. The Kier molecular flexibility index (Phi) is 7.68. The van der Waals surface area contributed by atoms with Crippen LogP contribution in [0.4, 0.5) is 4.79 Å². The van der Waals surface area contributed by atoms with Gasteiger partial charge in [-0.2, -0.15) is 0 Å². The molecule has 1 nitrogen and oxygen atoms in total. The van der Waals surface area contributed by atoms with Crippen molar-refractivity contribution in [2.75, 3.05) is 17.3 Å². The molecule has 0 atom stereocenters. The molecule has 1 fully saturated rings. The number of carbonyl (C=O) groups excluding carboxylic acids is 1. The molecule has 0 saturated carbocycles. The first-order valence-corrected chi connectivity index (χ1v) is 14.8. The third kappa shape index (κ3) is 5.93. The maximum absolute atomic E-state index is 11.4. The second kappa shape index (κ2) is 7.86. The van der Waals surface area contributed by atoms with Crippen LogP contribution in [0.2, 0.25) is 0 Å². The summed E-state index contributed by atoms with van der Waals surface area (Å²) in [5.74, 6) is 3.55. The molecule has 0 amide bonds. The van der Waals surface area contributed by atoms with Gasteiger partial charge in [0, 0.05) is 0 Å². The molecule has 0 N–H and O–H groups in total. The van der Waals surface area contributed by atoms with E-state index in [0.717, 1.165) is 5.75 Å². The Balaban J connectivity index is 2.02. The normalized spacial score (nSPS) is 17.9. The van der Waals surface area contributed by atoms with Gasteiger partial charge in [0.2, 0.25) is 0 Å². The predicted octanol–water partition coefficient (Wildman–Crippen LogP) is 3.84. The molecule has 0 aromatic carbocycles. The van der Waals surface area contributed by atoms with Crippen LogP contribution in [0.5, 0.6) is 0 Å². The molecule has 1 aliphatic heterocycles. The van der Waals surface area contributed by atoms with E-state index in [9.17, 15) is 4.79 Å². The van der Waals surface area contributed by atoms with Crippen LogP contribution in [0.15, 0.2) is 0 Å². The minimum absolute atomic E-state index is 0.371. The fraction of sp³-hybridized carbons (Fsp3) is 0.857. The SMILES string of the molecule is CCCCSC(=O)S[As]1SCCS1. The van der Waals surface area contributed by atoms with E-state index >= 15 is 0 Å². The summed E-state index contributed by atoms with van der Waals surface area (Å²) in [5, 5.41) is 0. The zero-order valence-corrected chi connectivity index (χ0v) is 12.7. The Labute approximate surface area is 98.5 Å². The van der Waals surface area contributed by atoms with Gasteiger partial charge in [-0.1, -0.05) is 0 Å². The van der Waals surface area contributed by atoms with Gasteiger partial charge in [0.15, 0.2) is 0 Å². The van der Waals surface area contributed by atoms with Crippen molar-refractivity contribution < 1.29 is 4.79 Å². The second-order valence-electron chi connectivity index (χ2n) is 2.43. The second-order valence-corrected chi connectivity index (χ2v) is 20.3. The molecule has 1 rings (SSSR count). The molecule has 1 aliphatic rings. The van der Waals surface area contributed by atoms with Gasteiger partial charge < -0.3 is 0 Å². The fourth-order valence-electron chi connectivity index (χ4n) is 0.701. The Morgan fingerprint density at radius 3 is 2.77 bits per heavy atom. The van der Waals surface area contributed by atoms with Crippen molar-refractivity contribution in [3.63, 3.8) is 0 Å². The van der Waals surface area contributed by atoms with E-state index in [1.807, 2.05) is 20.0 Å². The van der Waals surface area contributed by atoms with E-state index < -0.39 is 11.2 Å². The Bertz CT molecular complexity index is 161. The van der Waals surface area contributed by atoms with E-state index in [4.69, 9.17) is 0 Å². The number of unbranched alkanes of at least 4 members (excludes halogenated alkanes) is 1. The molecule has 0 radical (unpaired) electrons. The third-order valence-corrected chi connectivity index (χ3v) is 21.1. The molecule has 76 valence electrons. The maximum atomic E-state index is 11.4. The van der Waals surface area contributed by atoms with Crippen molar-refractivity contribution >= 4 is 57.5 Å². The van der Waals surface area contributed by atoms with Gasteiger partial charge in [-0.05, 0) is 0 Å². The molecule has 0 aromatic rings. The van der Waals surface area contributed by atoms with Crippen molar-refractivity contribution in [1.82, 2.24) is 0 Å². The first-order chi connectivity index (χ1) is 6.33. The first kappa shape index (κ1) is 12.7. The van der Waals surface area contributed by atoms with Crippen molar-refractivity contribution in [3.05, 3.63) is 0 Å². The molecule has 6 heteroatoms. The molecule has 0 unspecified atom stereocenters. The van der Waals surface area contributed by atoms with Gasteiger partial charge in [0.05, 0.1) is 0 Å². The molecule has 13 heavy (non-hydrogen) atoms. The summed E-state index contributed by atoms with van der Waals surface area (Å²) in [4.78, 5) is 11.4. The summed E-state index contributed by atoms with van der Waals surface area (Å²) >= 11 is 0.647. The van der Waals surface area contributed by atoms with Crippen LogP contribution >= 0.6 is 41.8 Å². The standard InChI is InChI=1S/C7H13AsOS4/c1-2-3-4-10-7(9)13-8-11-5-6-12-8/h2-6H2,1H3. The van der Waals surface area contributed by atoms with Gasteiger partial charge in [-0.15, -0.1) is 0 Å². The minimum atomic E-state index is -0.875. The first-order valence-electron chi connectivity index (χ1n) is 4.23. The van der Waals surface area contributed by atoms with E-state index in [2.05, 4.69) is 6.92 Å². The molecule has 0 aromatic heterocycles. The zero-order chi connectivity index (χ0) is 9.52. The number of rotatable bonds is 4. The van der Waals surface area contributed by atoms with E-state index in [0.29, 0.717) is 4.45 Å². The third-order valence-electron chi connectivity index (χ3n) is 1.34. The zero-order valence-electron chi connectivity index (χ0n) is 7.52. The molecular weight excluding hydrogens is 303 g/mol. The van der Waals surface area contributed by atoms with Crippen molar-refractivity contribution in [3.8, 4) is 0 Å². The van der Waals surface area contributed by atoms with E-state index in [1.165, 1.54) is 36.1 Å². The van der Waals surface area contributed by atoms with Gasteiger partial charge in [0.25, 0.3) is 0 Å². The number of thioether (sulfide) groups is 1. The molecule has 0 aliphatic carbocycles. The van der Waals surface area contributed by atoms with Crippen molar-refractivity contribution in [2.24, 2.45) is 0 Å². The van der Waals surface area contributed by atoms with Crippen LogP contribution in [0.3, 0.4) is 0 Å². The summed E-state index contributed by atoms with van der Waals surface area (Å²) in [6, 6.07) is 0. The van der Waals surface area contributed by atoms with Crippen LogP contribution in [0.1, 0.15) is 19.8 Å². The average Bonchev–Trinajstić information content (AvgIpc) is 2.57. The summed E-state index contributed by atoms with van der Waals surface area (Å²) in [7, 11) is 5.75. The summed E-state index contributed by atoms with van der Waals surface area (Å²) in [6.07, 6.45) is 2.36. The summed E-state index contributed by atoms with van der Waals surface area (Å²) in [5.41, 5.74) is 0. The van der Waals surface area contributed by atoms with Gasteiger partial charge in [-0.25, -0.2) is 0 Å². The van der Waals surface area contributed by atoms with Crippen molar-refractivity contribution in [2.45, 2.75) is 19.8 Å².